The Morgan fingerprint density at radius 2 is 1.74 bits per heavy atom. The van der Waals surface area contributed by atoms with Crippen molar-refractivity contribution in [2.75, 3.05) is 13.2 Å². The number of benzene rings is 1. The molecule has 3 rings (SSSR count). The van der Waals surface area contributed by atoms with Crippen LogP contribution in [0.2, 0.25) is 0 Å². The molecule has 188 valence electrons. The number of aromatic carboxylic acids is 1. The summed E-state index contributed by atoms with van der Waals surface area (Å²) in [7, 11) is 0. The fraction of sp³-hybridized carbons (Fsp3) is 0.481. The number of aryl methyl sites for hydroxylation is 1. The first-order valence-corrected chi connectivity index (χ1v) is 12.5. The van der Waals surface area contributed by atoms with Crippen LogP contribution in [0.4, 0.5) is 0 Å². The third-order valence-electron chi connectivity index (χ3n) is 5.83. The lowest BCUT2D eigenvalue weighted by Gasteiger charge is -2.30. The van der Waals surface area contributed by atoms with Crippen LogP contribution >= 0.6 is 0 Å². The van der Waals surface area contributed by atoms with Crippen LogP contribution in [0.1, 0.15) is 80.9 Å². The molecule has 0 aliphatic heterocycles. The smallest absolute Gasteiger partial charge is 0.337 e. The standard InChI is InChI=1S/C27H36N4O4/c1-5-9-17-31-24(29-26(30-31)27(15-6-2,34-7-3)35-8-4)18-20-10-12-21(13-11-20)22-14-16-28-19-23(22)25(32)33/h10-14,16,19H,5-9,15,17-18H2,1-4H3,(H,32,33). The first-order chi connectivity index (χ1) is 17.0. The van der Waals surface area contributed by atoms with Gasteiger partial charge in [-0.15, -0.1) is 0 Å². The van der Waals surface area contributed by atoms with Gasteiger partial charge in [0.25, 0.3) is 0 Å². The number of ether oxygens (including phenoxy) is 2. The monoisotopic (exact) mass is 480 g/mol. The van der Waals surface area contributed by atoms with Gasteiger partial charge >= 0.3 is 5.97 Å². The van der Waals surface area contributed by atoms with E-state index in [2.05, 4.69) is 18.8 Å². The van der Waals surface area contributed by atoms with Gasteiger partial charge in [-0.1, -0.05) is 51.0 Å². The number of hydrogen-bond donors (Lipinski definition) is 1. The van der Waals surface area contributed by atoms with Crippen LogP contribution in [0.5, 0.6) is 0 Å². The van der Waals surface area contributed by atoms with Crippen LogP contribution < -0.4 is 0 Å². The van der Waals surface area contributed by atoms with E-state index in [1.54, 1.807) is 12.3 Å². The minimum absolute atomic E-state index is 0.184. The fourth-order valence-corrected chi connectivity index (χ4v) is 4.18. The Kier molecular flexibility index (Phi) is 9.51. The van der Waals surface area contributed by atoms with Gasteiger partial charge in [0.1, 0.15) is 5.82 Å². The number of carboxylic acid groups (broad SMARTS) is 1. The normalized spacial score (nSPS) is 11.7. The molecule has 0 amide bonds. The van der Waals surface area contributed by atoms with Gasteiger partial charge in [0.05, 0.1) is 5.56 Å². The quantitative estimate of drug-likeness (QED) is 0.306. The first-order valence-electron chi connectivity index (χ1n) is 12.5. The second-order valence-corrected chi connectivity index (χ2v) is 8.40. The molecular weight excluding hydrogens is 444 g/mol. The molecular formula is C27H36N4O4. The van der Waals surface area contributed by atoms with Crippen LogP contribution in [-0.4, -0.2) is 44.0 Å². The Balaban J connectivity index is 1.93. The summed E-state index contributed by atoms with van der Waals surface area (Å²) in [5, 5.41) is 14.3. The van der Waals surface area contributed by atoms with E-state index >= 15 is 0 Å². The van der Waals surface area contributed by atoms with Crippen molar-refractivity contribution in [3.8, 4) is 11.1 Å². The van der Waals surface area contributed by atoms with Gasteiger partial charge in [0.15, 0.2) is 0 Å². The predicted molar refractivity (Wildman–Crippen MR) is 134 cm³/mol. The molecule has 0 atom stereocenters. The van der Waals surface area contributed by atoms with Crippen molar-refractivity contribution in [2.45, 2.75) is 72.1 Å². The molecule has 0 aliphatic carbocycles. The van der Waals surface area contributed by atoms with Crippen LogP contribution in [0.15, 0.2) is 42.7 Å². The number of carboxylic acids is 1. The molecule has 0 radical (unpaired) electrons. The minimum Gasteiger partial charge on any atom is -0.478 e. The number of nitrogens with zero attached hydrogens (tertiary/aromatic N) is 4. The number of aromatic nitrogens is 4. The molecule has 0 unspecified atom stereocenters. The molecule has 8 heteroatoms. The van der Waals surface area contributed by atoms with Crippen LogP contribution in [0.3, 0.4) is 0 Å². The highest BCUT2D eigenvalue weighted by atomic mass is 16.7. The van der Waals surface area contributed by atoms with E-state index < -0.39 is 11.8 Å². The number of unbranched alkanes of at least 4 members (excludes halogenated alkanes) is 1. The molecule has 1 N–H and O–H groups in total. The molecule has 0 aliphatic rings. The van der Waals surface area contributed by atoms with E-state index in [0.717, 1.165) is 42.8 Å². The van der Waals surface area contributed by atoms with E-state index in [4.69, 9.17) is 19.6 Å². The topological polar surface area (TPSA) is 99.4 Å². The molecule has 0 saturated heterocycles. The highest BCUT2D eigenvalue weighted by molar-refractivity contribution is 5.95. The lowest BCUT2D eigenvalue weighted by atomic mass is 10.00. The summed E-state index contributed by atoms with van der Waals surface area (Å²) in [5.74, 6) is -0.499. The van der Waals surface area contributed by atoms with Gasteiger partial charge in [0, 0.05) is 45.0 Å². The zero-order chi connectivity index (χ0) is 25.3. The van der Waals surface area contributed by atoms with E-state index in [1.807, 2.05) is 42.8 Å². The van der Waals surface area contributed by atoms with E-state index in [9.17, 15) is 9.90 Å². The maximum atomic E-state index is 11.6. The summed E-state index contributed by atoms with van der Waals surface area (Å²) in [6.07, 6.45) is 7.19. The molecule has 1 aromatic carbocycles. The summed E-state index contributed by atoms with van der Waals surface area (Å²) >= 11 is 0. The highest BCUT2D eigenvalue weighted by Crippen LogP contribution is 2.31. The van der Waals surface area contributed by atoms with Crippen molar-refractivity contribution in [3.63, 3.8) is 0 Å². The van der Waals surface area contributed by atoms with Crippen molar-refractivity contribution in [3.05, 3.63) is 65.5 Å². The van der Waals surface area contributed by atoms with Gasteiger partial charge in [-0.3, -0.25) is 4.98 Å². The molecule has 35 heavy (non-hydrogen) atoms. The summed E-state index contributed by atoms with van der Waals surface area (Å²) < 4.78 is 14.2. The van der Waals surface area contributed by atoms with Crippen molar-refractivity contribution in [1.29, 1.82) is 0 Å². The highest BCUT2D eigenvalue weighted by Gasteiger charge is 2.38. The van der Waals surface area contributed by atoms with Crippen molar-refractivity contribution >= 4 is 5.97 Å². The lowest BCUT2D eigenvalue weighted by molar-refractivity contribution is -0.251. The Hall–Kier alpha value is -3.10. The average molecular weight is 481 g/mol. The molecule has 2 heterocycles. The second-order valence-electron chi connectivity index (χ2n) is 8.40. The minimum atomic E-state index is -0.993. The summed E-state index contributed by atoms with van der Waals surface area (Å²) in [5.41, 5.74) is 2.72. The average Bonchev–Trinajstić information content (AvgIpc) is 3.26. The zero-order valence-electron chi connectivity index (χ0n) is 21.2. The van der Waals surface area contributed by atoms with Gasteiger partial charge in [-0.25, -0.2) is 14.5 Å². The molecule has 0 saturated carbocycles. The van der Waals surface area contributed by atoms with Crippen molar-refractivity contribution < 1.29 is 19.4 Å². The molecule has 0 fully saturated rings. The van der Waals surface area contributed by atoms with Crippen molar-refractivity contribution in [1.82, 2.24) is 19.7 Å². The van der Waals surface area contributed by atoms with Crippen LogP contribution in [0.25, 0.3) is 11.1 Å². The maximum absolute atomic E-state index is 11.6. The third-order valence-corrected chi connectivity index (χ3v) is 5.83. The van der Waals surface area contributed by atoms with Crippen molar-refractivity contribution in [2.24, 2.45) is 0 Å². The molecule has 0 spiro atoms. The van der Waals surface area contributed by atoms with Crippen LogP contribution in [-0.2, 0) is 28.2 Å². The van der Waals surface area contributed by atoms with Gasteiger partial charge < -0.3 is 14.6 Å². The summed E-state index contributed by atoms with van der Waals surface area (Å²) in [4.78, 5) is 20.4. The number of hydrogen-bond acceptors (Lipinski definition) is 6. The Labute approximate surface area is 207 Å². The second kappa shape index (κ2) is 12.6. The summed E-state index contributed by atoms with van der Waals surface area (Å²) in [6, 6.07) is 9.61. The molecule has 0 bridgehead atoms. The summed E-state index contributed by atoms with van der Waals surface area (Å²) in [6.45, 7) is 9.96. The Morgan fingerprint density at radius 3 is 2.34 bits per heavy atom. The Morgan fingerprint density at radius 1 is 1.03 bits per heavy atom. The van der Waals surface area contributed by atoms with Crippen LogP contribution in [0, 0.1) is 0 Å². The third kappa shape index (κ3) is 6.32. The van der Waals surface area contributed by atoms with E-state index in [1.165, 1.54) is 6.20 Å². The number of pyridine rings is 1. The van der Waals surface area contributed by atoms with E-state index in [-0.39, 0.29) is 5.56 Å². The number of rotatable bonds is 14. The Bertz CT molecular complexity index is 1080. The zero-order valence-corrected chi connectivity index (χ0v) is 21.2. The SMILES string of the molecule is CCCCn1nc(C(CCC)(OCC)OCC)nc1Cc1ccc(-c2ccncc2C(=O)O)cc1. The van der Waals surface area contributed by atoms with E-state index in [0.29, 0.717) is 37.4 Å². The number of carbonyl (C=O) groups is 1. The molecule has 3 aromatic rings. The van der Waals surface area contributed by atoms with Gasteiger partial charge in [0.2, 0.25) is 11.6 Å². The maximum Gasteiger partial charge on any atom is 0.337 e. The predicted octanol–water partition coefficient (Wildman–Crippen LogP) is 5.46. The first kappa shape index (κ1) is 26.5. The van der Waals surface area contributed by atoms with Gasteiger partial charge in [-0.2, -0.15) is 5.10 Å². The molecule has 2 aromatic heterocycles. The fourth-order valence-electron chi connectivity index (χ4n) is 4.18. The molecule has 8 nitrogen and oxygen atoms in total. The van der Waals surface area contributed by atoms with Gasteiger partial charge in [-0.05, 0) is 43.0 Å². The lowest BCUT2D eigenvalue weighted by Crippen LogP contribution is -2.35. The largest absolute Gasteiger partial charge is 0.478 e.